The molecule has 0 radical (unpaired) electrons. The van der Waals surface area contributed by atoms with E-state index in [2.05, 4.69) is 17.4 Å². The van der Waals surface area contributed by atoms with Crippen LogP contribution in [0.15, 0.2) is 12.1 Å². The number of carbonyl (C=O) groups excluding carboxylic acids is 1. The Hall–Kier alpha value is -1.71. The minimum absolute atomic E-state index is 0.173. The summed E-state index contributed by atoms with van der Waals surface area (Å²) in [6, 6.07) is 1.28. The number of aliphatic hydroxyl groups excluding tert-OH is 2. The van der Waals surface area contributed by atoms with Crippen molar-refractivity contribution in [2.75, 3.05) is 12.9 Å². The van der Waals surface area contributed by atoms with Crippen molar-refractivity contribution in [1.82, 2.24) is 0 Å². The number of hydrogen-bond donors (Lipinski definition) is 3. The number of methoxy groups -OCH3 is 1. The second-order valence-electron chi connectivity index (χ2n) is 3.83. The van der Waals surface area contributed by atoms with Gasteiger partial charge in [0.05, 0.1) is 18.1 Å². The molecule has 7 nitrogen and oxygen atoms in total. The Bertz CT molecular complexity index is 538. The van der Waals surface area contributed by atoms with E-state index in [0.29, 0.717) is 12.1 Å². The van der Waals surface area contributed by atoms with Gasteiger partial charge in [-0.15, -0.1) is 0 Å². The summed E-state index contributed by atoms with van der Waals surface area (Å²) in [5, 5.41) is 30.0. The highest BCUT2D eigenvalue weighted by molar-refractivity contribution is 7.80. The summed E-state index contributed by atoms with van der Waals surface area (Å²) in [4.78, 5) is 21.3. The van der Waals surface area contributed by atoms with E-state index < -0.39 is 45.7 Å². The molecule has 0 saturated heterocycles. The topological polar surface area (TPSA) is 110 Å². The van der Waals surface area contributed by atoms with Crippen LogP contribution in [-0.2, 0) is 4.74 Å². The Morgan fingerprint density at radius 3 is 2.60 bits per heavy atom. The van der Waals surface area contributed by atoms with Gasteiger partial charge in [0.15, 0.2) is 0 Å². The Labute approximate surface area is 118 Å². The van der Waals surface area contributed by atoms with Crippen LogP contribution in [0.4, 0.5) is 10.1 Å². The minimum Gasteiger partial charge on any atom is -0.465 e. The highest BCUT2D eigenvalue weighted by atomic mass is 32.1. The van der Waals surface area contributed by atoms with Gasteiger partial charge in [0, 0.05) is 17.4 Å². The van der Waals surface area contributed by atoms with Crippen molar-refractivity contribution in [2.45, 2.75) is 12.2 Å². The fourth-order valence-corrected chi connectivity index (χ4v) is 1.74. The summed E-state index contributed by atoms with van der Waals surface area (Å²) < 4.78 is 18.1. The van der Waals surface area contributed by atoms with E-state index >= 15 is 0 Å². The van der Waals surface area contributed by atoms with E-state index in [1.807, 2.05) is 0 Å². The van der Waals surface area contributed by atoms with Crippen LogP contribution in [0.25, 0.3) is 0 Å². The molecule has 0 heterocycles. The lowest BCUT2D eigenvalue weighted by atomic mass is 10.0. The minimum atomic E-state index is -1.70. The van der Waals surface area contributed by atoms with E-state index in [4.69, 9.17) is 0 Å². The number of rotatable bonds is 5. The summed E-state index contributed by atoms with van der Waals surface area (Å²) in [6.07, 6.45) is -3.10. The van der Waals surface area contributed by atoms with Crippen LogP contribution < -0.4 is 0 Å². The third-order valence-electron chi connectivity index (χ3n) is 2.59. The molecule has 0 aliphatic rings. The molecule has 0 amide bonds. The summed E-state index contributed by atoms with van der Waals surface area (Å²) in [5.74, 6) is -2.32. The van der Waals surface area contributed by atoms with Gasteiger partial charge in [-0.1, -0.05) is 0 Å². The van der Waals surface area contributed by atoms with Crippen molar-refractivity contribution in [3.05, 3.63) is 39.2 Å². The number of carbonyl (C=O) groups is 1. The largest absolute Gasteiger partial charge is 0.465 e. The third kappa shape index (κ3) is 3.24. The highest BCUT2D eigenvalue weighted by Crippen LogP contribution is 2.29. The first-order valence-corrected chi connectivity index (χ1v) is 5.99. The number of aliphatic hydroxyl groups is 2. The van der Waals surface area contributed by atoms with Crippen LogP contribution in [-0.4, -0.2) is 40.1 Å². The number of nitro groups is 1. The van der Waals surface area contributed by atoms with E-state index in [1.54, 1.807) is 0 Å². The molecule has 0 bridgehead atoms. The first kappa shape index (κ1) is 16.3. The lowest BCUT2D eigenvalue weighted by molar-refractivity contribution is -0.385. The van der Waals surface area contributed by atoms with Crippen LogP contribution in [0.3, 0.4) is 0 Å². The zero-order valence-electron chi connectivity index (χ0n) is 10.3. The summed E-state index contributed by atoms with van der Waals surface area (Å²) in [6.45, 7) is 0. The van der Waals surface area contributed by atoms with Gasteiger partial charge in [0.25, 0.3) is 5.69 Å². The number of benzene rings is 1. The lowest BCUT2D eigenvalue weighted by Gasteiger charge is -2.17. The average Bonchev–Trinajstić information content (AvgIpc) is 2.44. The van der Waals surface area contributed by atoms with Crippen LogP contribution >= 0.6 is 12.6 Å². The fraction of sp³-hybridized carbons (Fsp3) is 0.364. The summed E-state index contributed by atoms with van der Waals surface area (Å²) >= 11 is 3.73. The maximum Gasteiger partial charge on any atom is 0.344 e. The molecular formula is C11H12FNO6S. The zero-order valence-corrected chi connectivity index (χ0v) is 11.2. The Morgan fingerprint density at radius 2 is 2.15 bits per heavy atom. The maximum atomic E-state index is 13.8. The van der Waals surface area contributed by atoms with Gasteiger partial charge in [-0.2, -0.15) is 12.6 Å². The van der Waals surface area contributed by atoms with Crippen LogP contribution in [0.1, 0.15) is 22.0 Å². The number of nitro benzene ring substituents is 1. The molecule has 0 spiro atoms. The van der Waals surface area contributed by atoms with Gasteiger partial charge in [-0.3, -0.25) is 10.1 Å². The normalized spacial score (nSPS) is 13.7. The number of nitrogens with zero attached hydrogens (tertiary/aromatic N) is 1. The number of esters is 1. The predicted molar refractivity (Wildman–Crippen MR) is 69.2 cm³/mol. The molecule has 1 rings (SSSR count). The second kappa shape index (κ2) is 6.64. The molecule has 2 unspecified atom stereocenters. The molecule has 0 aliphatic heterocycles. The summed E-state index contributed by atoms with van der Waals surface area (Å²) in [7, 11) is 0.997. The molecule has 110 valence electrons. The van der Waals surface area contributed by atoms with Crippen LogP contribution in [0.5, 0.6) is 0 Å². The van der Waals surface area contributed by atoms with Gasteiger partial charge >= 0.3 is 5.97 Å². The van der Waals surface area contributed by atoms with Crippen molar-refractivity contribution in [1.29, 1.82) is 0 Å². The van der Waals surface area contributed by atoms with E-state index in [-0.39, 0.29) is 5.75 Å². The zero-order chi connectivity index (χ0) is 15.4. The molecular weight excluding hydrogens is 293 g/mol. The average molecular weight is 305 g/mol. The quantitative estimate of drug-likeness (QED) is 0.322. The molecule has 1 aromatic carbocycles. The molecule has 1 aromatic rings. The van der Waals surface area contributed by atoms with Gasteiger partial charge in [-0.25, -0.2) is 9.18 Å². The summed E-state index contributed by atoms with van der Waals surface area (Å²) in [5.41, 5.74) is -1.80. The first-order valence-electron chi connectivity index (χ1n) is 5.36. The Balaban J connectivity index is 3.41. The van der Waals surface area contributed by atoms with E-state index in [0.717, 1.165) is 7.11 Å². The van der Waals surface area contributed by atoms with Crippen LogP contribution in [0, 0.1) is 15.9 Å². The number of hydrogen-bond acceptors (Lipinski definition) is 7. The van der Waals surface area contributed by atoms with Gasteiger partial charge in [-0.05, 0) is 6.07 Å². The Kier molecular flexibility index (Phi) is 5.43. The van der Waals surface area contributed by atoms with Crippen molar-refractivity contribution < 1.29 is 29.1 Å². The molecule has 0 saturated carbocycles. The van der Waals surface area contributed by atoms with Crippen molar-refractivity contribution in [3.63, 3.8) is 0 Å². The SMILES string of the molecule is COC(=O)c1cc(F)c(C(O)C(O)CS)cc1[N+](=O)[O-]. The van der Waals surface area contributed by atoms with Gasteiger partial charge in [0.1, 0.15) is 17.5 Å². The molecule has 0 aromatic heterocycles. The number of ether oxygens (including phenoxy) is 1. The van der Waals surface area contributed by atoms with Crippen molar-refractivity contribution >= 4 is 24.3 Å². The molecule has 0 aliphatic carbocycles. The monoisotopic (exact) mass is 305 g/mol. The molecule has 9 heteroatoms. The number of thiol groups is 1. The lowest BCUT2D eigenvalue weighted by Crippen LogP contribution is -2.21. The maximum absolute atomic E-state index is 13.8. The standard InChI is InChI=1S/C11H12FNO6S/c1-19-11(16)6-2-7(12)5(3-8(6)13(17)18)10(15)9(14)4-20/h2-3,9-10,14-15,20H,4H2,1H3. The van der Waals surface area contributed by atoms with E-state index in [9.17, 15) is 29.5 Å². The second-order valence-corrected chi connectivity index (χ2v) is 4.20. The van der Waals surface area contributed by atoms with Crippen molar-refractivity contribution in [2.24, 2.45) is 0 Å². The molecule has 2 N–H and O–H groups in total. The predicted octanol–water partition coefficient (Wildman–Crippen LogP) is 0.845. The third-order valence-corrected chi connectivity index (χ3v) is 2.96. The molecule has 0 fully saturated rings. The molecule has 20 heavy (non-hydrogen) atoms. The van der Waals surface area contributed by atoms with Gasteiger partial charge in [0.2, 0.25) is 0 Å². The van der Waals surface area contributed by atoms with Gasteiger partial charge < -0.3 is 14.9 Å². The van der Waals surface area contributed by atoms with E-state index in [1.165, 1.54) is 0 Å². The van der Waals surface area contributed by atoms with Crippen LogP contribution in [0.2, 0.25) is 0 Å². The van der Waals surface area contributed by atoms with Crippen molar-refractivity contribution in [3.8, 4) is 0 Å². The Morgan fingerprint density at radius 1 is 1.55 bits per heavy atom. The number of halogens is 1. The highest BCUT2D eigenvalue weighted by Gasteiger charge is 2.28. The smallest absolute Gasteiger partial charge is 0.344 e. The fourth-order valence-electron chi connectivity index (χ4n) is 1.54. The first-order chi connectivity index (χ1) is 9.33. The molecule has 2 atom stereocenters.